The number of nitrogens with one attached hydrogen (secondary N) is 1. The SMILES string of the molecule is CCCCCCCC/C=C\CCCCCCCC(=O)NCCOP(=O)(O)OC[C@@H](COC(=O)CCCCCCCCCCCCCCC)OC(=O)CCCCCCCCCCCCCCC.N. The van der Waals surface area contributed by atoms with E-state index in [4.69, 9.17) is 18.5 Å². The van der Waals surface area contributed by atoms with Crippen molar-refractivity contribution in [1.82, 2.24) is 11.5 Å². The molecule has 0 radical (unpaired) electrons. The quantitative estimate of drug-likeness (QED) is 0.0230. The highest BCUT2D eigenvalue weighted by Crippen LogP contribution is 2.43. The van der Waals surface area contributed by atoms with Crippen molar-refractivity contribution >= 4 is 25.7 Å². The first-order chi connectivity index (χ1) is 32.2. The van der Waals surface area contributed by atoms with Crippen molar-refractivity contribution in [2.24, 2.45) is 0 Å². The van der Waals surface area contributed by atoms with Crippen molar-refractivity contribution < 1.29 is 42.4 Å². The molecule has 0 aliphatic rings. The molecule has 0 aliphatic carbocycles. The van der Waals surface area contributed by atoms with Gasteiger partial charge in [0.15, 0.2) is 6.10 Å². The van der Waals surface area contributed by atoms with Gasteiger partial charge in [0, 0.05) is 25.8 Å². The predicted octanol–water partition coefficient (Wildman–Crippen LogP) is 16.9. The van der Waals surface area contributed by atoms with Crippen LogP contribution in [0.3, 0.4) is 0 Å². The van der Waals surface area contributed by atoms with E-state index >= 15 is 0 Å². The maximum atomic E-state index is 12.8. The minimum Gasteiger partial charge on any atom is -0.462 e. The third kappa shape index (κ3) is 53.4. The van der Waals surface area contributed by atoms with E-state index in [9.17, 15) is 23.8 Å². The fraction of sp³-hybridized carbons (Fsp3) is 0.909. The van der Waals surface area contributed by atoms with Gasteiger partial charge in [-0.15, -0.1) is 0 Å². The monoisotopic (exact) mass is 973 g/mol. The van der Waals surface area contributed by atoms with Crippen LogP contribution in [-0.4, -0.2) is 55.2 Å². The second kappa shape index (κ2) is 53.6. The van der Waals surface area contributed by atoms with Gasteiger partial charge in [-0.2, -0.15) is 0 Å². The average Bonchev–Trinajstić information content (AvgIpc) is 3.30. The first-order valence-corrected chi connectivity index (χ1v) is 29.6. The van der Waals surface area contributed by atoms with Gasteiger partial charge in [-0.05, 0) is 44.9 Å². The highest BCUT2D eigenvalue weighted by Gasteiger charge is 2.26. The maximum absolute atomic E-state index is 12.8. The summed E-state index contributed by atoms with van der Waals surface area (Å²) in [5.41, 5.74) is 0. The van der Waals surface area contributed by atoms with Crippen molar-refractivity contribution in [2.45, 2.75) is 297 Å². The first-order valence-electron chi connectivity index (χ1n) is 28.1. The lowest BCUT2D eigenvalue weighted by Crippen LogP contribution is -2.30. The molecule has 11 nitrogen and oxygen atoms in total. The number of rotatable bonds is 53. The van der Waals surface area contributed by atoms with E-state index in [1.807, 2.05) is 0 Å². The Hall–Kier alpha value is -1.78. The van der Waals surface area contributed by atoms with Crippen molar-refractivity contribution in [3.8, 4) is 0 Å². The molecule has 398 valence electrons. The molecule has 0 rings (SSSR count). The number of phosphoric ester groups is 1. The molecule has 2 atom stereocenters. The Kier molecular flexibility index (Phi) is 53.8. The van der Waals surface area contributed by atoms with E-state index in [0.29, 0.717) is 12.8 Å². The number of hydrogen-bond acceptors (Lipinski definition) is 9. The van der Waals surface area contributed by atoms with Gasteiger partial charge in [0.05, 0.1) is 13.2 Å². The number of carbonyl (C=O) groups excluding carboxylic acids is 3. The maximum Gasteiger partial charge on any atom is 0.472 e. The molecule has 12 heteroatoms. The summed E-state index contributed by atoms with van der Waals surface area (Å²) in [6.45, 7) is 5.86. The Morgan fingerprint density at radius 3 is 1.21 bits per heavy atom. The Labute approximate surface area is 413 Å². The highest BCUT2D eigenvalue weighted by molar-refractivity contribution is 7.47. The topological polar surface area (TPSA) is 172 Å². The van der Waals surface area contributed by atoms with Crippen LogP contribution in [0.25, 0.3) is 0 Å². The van der Waals surface area contributed by atoms with E-state index < -0.39 is 32.5 Å². The summed E-state index contributed by atoms with van der Waals surface area (Å²) in [6, 6.07) is 0. The molecule has 0 aliphatic heterocycles. The van der Waals surface area contributed by atoms with Gasteiger partial charge < -0.3 is 25.8 Å². The van der Waals surface area contributed by atoms with Crippen LogP contribution in [0.4, 0.5) is 0 Å². The molecule has 67 heavy (non-hydrogen) atoms. The van der Waals surface area contributed by atoms with E-state index in [2.05, 4.69) is 38.2 Å². The smallest absolute Gasteiger partial charge is 0.462 e. The lowest BCUT2D eigenvalue weighted by Gasteiger charge is -2.20. The molecule has 0 bridgehead atoms. The normalized spacial score (nSPS) is 12.8. The van der Waals surface area contributed by atoms with Gasteiger partial charge in [-0.1, -0.05) is 238 Å². The Balaban J connectivity index is 0. The zero-order chi connectivity index (χ0) is 48.3. The van der Waals surface area contributed by atoms with Gasteiger partial charge in [0.1, 0.15) is 6.61 Å². The van der Waals surface area contributed by atoms with Crippen LogP contribution in [0.2, 0.25) is 0 Å². The molecule has 0 aromatic heterocycles. The number of hydrogen-bond donors (Lipinski definition) is 3. The molecule has 0 saturated heterocycles. The van der Waals surface area contributed by atoms with Crippen molar-refractivity contribution in [1.29, 1.82) is 0 Å². The van der Waals surface area contributed by atoms with Gasteiger partial charge >= 0.3 is 19.8 Å². The molecule has 0 saturated carbocycles. The molecule has 0 spiro atoms. The van der Waals surface area contributed by atoms with Crippen LogP contribution in [0, 0.1) is 0 Å². The van der Waals surface area contributed by atoms with Gasteiger partial charge in [0.2, 0.25) is 5.91 Å². The van der Waals surface area contributed by atoms with Crippen LogP contribution in [0.5, 0.6) is 0 Å². The number of unbranched alkanes of at least 4 members (excludes halogenated alkanes) is 35. The molecule has 0 fully saturated rings. The second-order valence-electron chi connectivity index (χ2n) is 19.1. The third-order valence-corrected chi connectivity index (χ3v) is 13.4. The van der Waals surface area contributed by atoms with E-state index in [1.54, 1.807) is 0 Å². The number of allylic oxidation sites excluding steroid dienone is 2. The number of ether oxygens (including phenoxy) is 2. The average molecular weight is 973 g/mol. The fourth-order valence-corrected chi connectivity index (χ4v) is 8.96. The van der Waals surface area contributed by atoms with E-state index in [1.165, 1.54) is 173 Å². The van der Waals surface area contributed by atoms with Crippen molar-refractivity contribution in [2.75, 3.05) is 26.4 Å². The molecular weight excluding hydrogens is 864 g/mol. The molecular formula is C55H109N2O9P. The Bertz CT molecular complexity index is 1160. The summed E-state index contributed by atoms with van der Waals surface area (Å²) in [7, 11) is -4.53. The zero-order valence-electron chi connectivity index (χ0n) is 44.1. The summed E-state index contributed by atoms with van der Waals surface area (Å²) in [5.74, 6) is -0.973. The van der Waals surface area contributed by atoms with Crippen LogP contribution >= 0.6 is 7.82 Å². The lowest BCUT2D eigenvalue weighted by molar-refractivity contribution is -0.161. The minimum atomic E-state index is -4.53. The summed E-state index contributed by atoms with van der Waals surface area (Å²) >= 11 is 0. The summed E-state index contributed by atoms with van der Waals surface area (Å²) in [5, 5.41) is 2.74. The first kappa shape index (κ1) is 67.3. The number of esters is 2. The van der Waals surface area contributed by atoms with E-state index in [-0.39, 0.29) is 44.7 Å². The van der Waals surface area contributed by atoms with Crippen molar-refractivity contribution in [3.63, 3.8) is 0 Å². The number of amides is 1. The fourth-order valence-electron chi connectivity index (χ4n) is 8.20. The molecule has 1 unspecified atom stereocenters. The highest BCUT2D eigenvalue weighted by atomic mass is 31.2. The number of carbonyl (C=O) groups is 3. The Morgan fingerprint density at radius 2 is 0.806 bits per heavy atom. The van der Waals surface area contributed by atoms with Crippen LogP contribution < -0.4 is 11.5 Å². The van der Waals surface area contributed by atoms with Crippen LogP contribution in [-0.2, 0) is 37.5 Å². The molecule has 1 amide bonds. The minimum absolute atomic E-state index is 0. The molecule has 0 aromatic rings. The van der Waals surface area contributed by atoms with Crippen LogP contribution in [0.15, 0.2) is 12.2 Å². The molecule has 0 aromatic carbocycles. The lowest BCUT2D eigenvalue weighted by atomic mass is 10.0. The molecule has 5 N–H and O–H groups in total. The number of phosphoric acid groups is 1. The van der Waals surface area contributed by atoms with E-state index in [0.717, 1.165) is 70.6 Å². The Morgan fingerprint density at radius 1 is 0.463 bits per heavy atom. The third-order valence-electron chi connectivity index (χ3n) is 12.5. The van der Waals surface area contributed by atoms with Gasteiger partial charge in [0.25, 0.3) is 0 Å². The molecule has 0 heterocycles. The van der Waals surface area contributed by atoms with Crippen LogP contribution in [0.1, 0.15) is 290 Å². The summed E-state index contributed by atoms with van der Waals surface area (Å²) in [4.78, 5) is 48.1. The second-order valence-corrected chi connectivity index (χ2v) is 20.5. The van der Waals surface area contributed by atoms with Gasteiger partial charge in [-0.25, -0.2) is 4.57 Å². The predicted molar refractivity (Wildman–Crippen MR) is 281 cm³/mol. The summed E-state index contributed by atoms with van der Waals surface area (Å²) < 4.78 is 34.1. The standard InChI is InChI=1S/C55H106NO9P.H3N/c1-4-7-10-13-16-19-22-25-26-29-30-33-36-39-42-45-53(57)56-48-49-63-66(60,61)64-51-52(65-55(59)47-44-41-38-35-32-28-24-21-18-15-12-9-6-3)50-62-54(58)46-43-40-37-34-31-27-23-20-17-14-11-8-5-2;/h25-26,52H,4-24,27-51H2,1-3H3,(H,56,57)(H,60,61);1H3/b26-25-;/t52-;/m1./s1. The van der Waals surface area contributed by atoms with Crippen molar-refractivity contribution in [3.05, 3.63) is 12.2 Å². The largest absolute Gasteiger partial charge is 0.472 e. The zero-order valence-corrected chi connectivity index (χ0v) is 45.0. The summed E-state index contributed by atoms with van der Waals surface area (Å²) in [6.07, 6.45) is 51.4. The van der Waals surface area contributed by atoms with Gasteiger partial charge in [-0.3, -0.25) is 23.4 Å².